The quantitative estimate of drug-likeness (QED) is 0.632. The van der Waals surface area contributed by atoms with Crippen molar-refractivity contribution < 1.29 is 18.3 Å². The Hall–Kier alpha value is -0.290. The maximum absolute atomic E-state index is 12.4. The highest BCUT2D eigenvalue weighted by Gasteiger charge is 2.57. The second-order valence-corrected chi connectivity index (χ2v) is 4.63. The Labute approximate surface area is 80.5 Å². The van der Waals surface area contributed by atoms with Crippen LogP contribution in [0.2, 0.25) is 0 Å². The van der Waals surface area contributed by atoms with Crippen LogP contribution in [-0.4, -0.2) is 30.0 Å². The van der Waals surface area contributed by atoms with Gasteiger partial charge in [-0.3, -0.25) is 0 Å². The molecule has 0 bridgehead atoms. The molecule has 0 unspecified atom stereocenters. The molecule has 2 fully saturated rings. The maximum atomic E-state index is 12.4. The number of alkyl halides is 3. The van der Waals surface area contributed by atoms with E-state index in [0.29, 0.717) is 12.8 Å². The number of aliphatic hydroxyl groups is 1. The van der Waals surface area contributed by atoms with Crippen LogP contribution in [0.5, 0.6) is 0 Å². The second-order valence-electron chi connectivity index (χ2n) is 4.63. The van der Waals surface area contributed by atoms with Crippen molar-refractivity contribution in [2.24, 2.45) is 5.41 Å². The van der Waals surface area contributed by atoms with E-state index in [0.717, 1.165) is 13.1 Å². The number of rotatable bonds is 0. The predicted molar refractivity (Wildman–Crippen MR) is 44.8 cm³/mol. The molecule has 1 saturated heterocycles. The molecule has 0 amide bonds. The summed E-state index contributed by atoms with van der Waals surface area (Å²) in [6, 6.07) is 0. The summed E-state index contributed by atoms with van der Waals surface area (Å²) < 4.78 is 37.3. The first-order valence-electron chi connectivity index (χ1n) is 4.87. The van der Waals surface area contributed by atoms with E-state index in [4.69, 9.17) is 0 Å². The topological polar surface area (TPSA) is 32.3 Å². The summed E-state index contributed by atoms with van der Waals surface area (Å²) in [4.78, 5) is 0. The Morgan fingerprint density at radius 3 is 1.79 bits per heavy atom. The number of halogens is 3. The highest BCUT2D eigenvalue weighted by atomic mass is 19.4. The van der Waals surface area contributed by atoms with E-state index >= 15 is 0 Å². The Bertz CT molecular complexity index is 225. The Morgan fingerprint density at radius 2 is 1.50 bits per heavy atom. The normalized spacial score (nSPS) is 30.0. The molecule has 1 heterocycles. The van der Waals surface area contributed by atoms with Crippen molar-refractivity contribution in [2.45, 2.75) is 37.5 Å². The first-order chi connectivity index (χ1) is 6.37. The van der Waals surface area contributed by atoms with Crippen molar-refractivity contribution in [1.29, 1.82) is 0 Å². The van der Waals surface area contributed by atoms with Gasteiger partial charge in [0.2, 0.25) is 0 Å². The minimum atomic E-state index is -4.47. The second kappa shape index (κ2) is 2.85. The summed E-state index contributed by atoms with van der Waals surface area (Å²) in [5.41, 5.74) is -2.37. The van der Waals surface area contributed by atoms with Crippen molar-refractivity contribution in [3.8, 4) is 0 Å². The molecule has 1 spiro atoms. The van der Waals surface area contributed by atoms with E-state index in [2.05, 4.69) is 5.32 Å². The molecular weight excluding hydrogens is 195 g/mol. The van der Waals surface area contributed by atoms with Crippen LogP contribution < -0.4 is 5.32 Å². The average Bonchev–Trinajstić information content (AvgIpc) is 2.01. The third kappa shape index (κ3) is 1.42. The van der Waals surface area contributed by atoms with Crippen LogP contribution in [0.1, 0.15) is 25.7 Å². The third-order valence-corrected chi connectivity index (χ3v) is 3.67. The van der Waals surface area contributed by atoms with Gasteiger partial charge in [0.05, 0.1) is 0 Å². The predicted octanol–water partition coefficient (Wildman–Crippen LogP) is 1.44. The van der Waals surface area contributed by atoms with E-state index in [1.165, 1.54) is 0 Å². The lowest BCUT2D eigenvalue weighted by Crippen LogP contribution is -2.59. The van der Waals surface area contributed by atoms with Crippen molar-refractivity contribution in [2.75, 3.05) is 13.1 Å². The smallest absolute Gasteiger partial charge is 0.380 e. The number of nitrogens with one attached hydrogen (secondary N) is 1. The first kappa shape index (κ1) is 10.2. The van der Waals surface area contributed by atoms with Crippen LogP contribution in [0.15, 0.2) is 0 Å². The maximum Gasteiger partial charge on any atom is 0.417 e. The van der Waals surface area contributed by atoms with Crippen LogP contribution >= 0.6 is 0 Å². The van der Waals surface area contributed by atoms with Gasteiger partial charge in [-0.05, 0) is 31.1 Å². The average molecular weight is 209 g/mol. The molecule has 2 aliphatic rings. The Morgan fingerprint density at radius 1 is 1.00 bits per heavy atom. The molecule has 2 N–H and O–H groups in total. The Kier molecular flexibility index (Phi) is 2.09. The summed E-state index contributed by atoms with van der Waals surface area (Å²) in [5, 5.41) is 12.5. The van der Waals surface area contributed by atoms with Gasteiger partial charge in [-0.1, -0.05) is 0 Å². The Balaban J connectivity index is 2.01. The SMILES string of the molecule is OC1(C(F)(F)F)CCC2(CC1)CNC2. The molecule has 2 rings (SSSR count). The van der Waals surface area contributed by atoms with Crippen LogP contribution in [0, 0.1) is 5.41 Å². The minimum Gasteiger partial charge on any atom is -0.380 e. The van der Waals surface area contributed by atoms with E-state index in [9.17, 15) is 18.3 Å². The van der Waals surface area contributed by atoms with Gasteiger partial charge in [-0.2, -0.15) is 13.2 Å². The molecule has 0 atom stereocenters. The molecule has 1 aliphatic carbocycles. The summed E-state index contributed by atoms with van der Waals surface area (Å²) in [7, 11) is 0. The van der Waals surface area contributed by atoms with Crippen molar-refractivity contribution in [3.05, 3.63) is 0 Å². The van der Waals surface area contributed by atoms with Crippen molar-refractivity contribution >= 4 is 0 Å². The monoisotopic (exact) mass is 209 g/mol. The molecule has 0 aromatic rings. The zero-order valence-corrected chi connectivity index (χ0v) is 7.82. The van der Waals surface area contributed by atoms with Crippen LogP contribution in [0.4, 0.5) is 13.2 Å². The van der Waals surface area contributed by atoms with Crippen LogP contribution in [0.3, 0.4) is 0 Å². The van der Waals surface area contributed by atoms with Gasteiger partial charge >= 0.3 is 6.18 Å². The van der Waals surface area contributed by atoms with Crippen molar-refractivity contribution in [1.82, 2.24) is 5.32 Å². The standard InChI is InChI=1S/C9H14F3NO/c10-9(11,12)8(14)3-1-7(2-4-8)5-13-6-7/h13-14H,1-6H2. The van der Waals surface area contributed by atoms with Gasteiger partial charge in [0.1, 0.15) is 0 Å². The van der Waals surface area contributed by atoms with Gasteiger partial charge < -0.3 is 10.4 Å². The third-order valence-electron chi connectivity index (χ3n) is 3.67. The first-order valence-corrected chi connectivity index (χ1v) is 4.87. The minimum absolute atomic E-state index is 0.0531. The highest BCUT2D eigenvalue weighted by molar-refractivity contribution is 5.02. The fourth-order valence-electron chi connectivity index (χ4n) is 2.31. The number of hydrogen-bond donors (Lipinski definition) is 2. The van der Waals surface area contributed by atoms with Gasteiger partial charge in [-0.15, -0.1) is 0 Å². The van der Waals surface area contributed by atoms with Gasteiger partial charge in [0.25, 0.3) is 0 Å². The van der Waals surface area contributed by atoms with Gasteiger partial charge in [0, 0.05) is 13.1 Å². The van der Waals surface area contributed by atoms with Crippen LogP contribution in [0.25, 0.3) is 0 Å². The molecule has 5 heteroatoms. The molecule has 14 heavy (non-hydrogen) atoms. The lowest BCUT2D eigenvalue weighted by molar-refractivity contribution is -0.276. The summed E-state index contributed by atoms with van der Waals surface area (Å²) >= 11 is 0. The zero-order valence-electron chi connectivity index (χ0n) is 7.82. The molecule has 0 radical (unpaired) electrons. The van der Waals surface area contributed by atoms with E-state index in [-0.39, 0.29) is 18.3 Å². The van der Waals surface area contributed by atoms with E-state index < -0.39 is 11.8 Å². The largest absolute Gasteiger partial charge is 0.417 e. The van der Waals surface area contributed by atoms with E-state index in [1.807, 2.05) is 0 Å². The van der Waals surface area contributed by atoms with Gasteiger partial charge in [-0.25, -0.2) is 0 Å². The zero-order chi connectivity index (χ0) is 10.4. The van der Waals surface area contributed by atoms with Crippen molar-refractivity contribution in [3.63, 3.8) is 0 Å². The highest BCUT2D eigenvalue weighted by Crippen LogP contribution is 2.48. The summed E-state index contributed by atoms with van der Waals surface area (Å²) in [5.74, 6) is 0. The molecule has 0 aromatic heterocycles. The van der Waals surface area contributed by atoms with Gasteiger partial charge in [0.15, 0.2) is 5.60 Å². The fourth-order valence-corrected chi connectivity index (χ4v) is 2.31. The lowest BCUT2D eigenvalue weighted by Gasteiger charge is -2.50. The molecule has 2 nitrogen and oxygen atoms in total. The number of hydrogen-bond acceptors (Lipinski definition) is 2. The lowest BCUT2D eigenvalue weighted by atomic mass is 9.65. The summed E-state index contributed by atoms with van der Waals surface area (Å²) in [6.07, 6.45) is -3.78. The molecular formula is C9H14F3NO. The fraction of sp³-hybridized carbons (Fsp3) is 1.00. The molecule has 1 saturated carbocycles. The van der Waals surface area contributed by atoms with Crippen LogP contribution in [-0.2, 0) is 0 Å². The molecule has 82 valence electrons. The van der Waals surface area contributed by atoms with E-state index in [1.54, 1.807) is 0 Å². The molecule has 0 aromatic carbocycles. The molecule has 1 aliphatic heterocycles. The summed E-state index contributed by atoms with van der Waals surface area (Å²) in [6.45, 7) is 1.61.